The number of alkyl halides is 3. The summed E-state index contributed by atoms with van der Waals surface area (Å²) in [6.45, 7) is 2.22. The number of nitrogens with zero attached hydrogens (tertiary/aromatic N) is 5. The molecular formula is C27H24F3N5O2. The largest absolute Gasteiger partial charge is 0.434 e. The molecule has 0 N–H and O–H groups in total. The van der Waals surface area contributed by atoms with Crippen molar-refractivity contribution in [2.45, 2.75) is 32.2 Å². The Balaban J connectivity index is 1.42. The number of aromatic nitrogens is 4. The summed E-state index contributed by atoms with van der Waals surface area (Å²) in [4.78, 5) is 27.5. The quantitative estimate of drug-likeness (QED) is 0.351. The highest BCUT2D eigenvalue weighted by Gasteiger charge is 2.34. The average Bonchev–Trinajstić information content (AvgIpc) is 3.43. The number of halogens is 3. The molecule has 7 nitrogen and oxygen atoms in total. The third-order valence-electron chi connectivity index (χ3n) is 6.45. The summed E-state index contributed by atoms with van der Waals surface area (Å²) in [5.41, 5.74) is 2.93. The molecule has 1 amide bonds. The molecule has 0 aliphatic carbocycles. The third kappa shape index (κ3) is 4.72. The first kappa shape index (κ1) is 24.6. The molecule has 37 heavy (non-hydrogen) atoms. The van der Waals surface area contributed by atoms with E-state index in [0.29, 0.717) is 17.2 Å². The second-order valence-corrected chi connectivity index (χ2v) is 8.92. The molecule has 0 saturated heterocycles. The zero-order valence-electron chi connectivity index (χ0n) is 20.5. The van der Waals surface area contributed by atoms with Gasteiger partial charge in [0.2, 0.25) is 5.91 Å². The molecule has 0 fully saturated rings. The molecule has 190 valence electrons. The highest BCUT2D eigenvalue weighted by Crippen LogP contribution is 2.34. The van der Waals surface area contributed by atoms with Crippen molar-refractivity contribution in [1.29, 1.82) is 0 Å². The van der Waals surface area contributed by atoms with E-state index in [1.807, 2.05) is 31.2 Å². The Hall–Kier alpha value is -4.05. The first-order chi connectivity index (χ1) is 17.7. The monoisotopic (exact) mass is 507 g/mol. The molecule has 1 aliphatic rings. The van der Waals surface area contributed by atoms with Crippen LogP contribution in [-0.2, 0) is 35.7 Å². The molecular weight excluding hydrogens is 483 g/mol. The van der Waals surface area contributed by atoms with Crippen LogP contribution in [0, 0.1) is 0 Å². The van der Waals surface area contributed by atoms with Crippen molar-refractivity contribution in [1.82, 2.24) is 19.5 Å². The van der Waals surface area contributed by atoms with Crippen LogP contribution < -0.4 is 4.90 Å². The van der Waals surface area contributed by atoms with Gasteiger partial charge in [0.25, 0.3) is 0 Å². The number of ether oxygens (including phenoxy) is 1. The predicted molar refractivity (Wildman–Crippen MR) is 131 cm³/mol. The minimum absolute atomic E-state index is 0.0945. The number of imidazole rings is 1. The highest BCUT2D eigenvalue weighted by molar-refractivity contribution is 6.00. The van der Waals surface area contributed by atoms with Gasteiger partial charge in [-0.15, -0.1) is 0 Å². The fraction of sp³-hybridized carbons (Fsp3) is 0.259. The van der Waals surface area contributed by atoms with Crippen LogP contribution in [0.25, 0.3) is 22.8 Å². The smallest absolute Gasteiger partial charge is 0.377 e. The van der Waals surface area contributed by atoms with Gasteiger partial charge in [-0.1, -0.05) is 48.5 Å². The molecule has 1 aliphatic heterocycles. The van der Waals surface area contributed by atoms with E-state index in [-0.39, 0.29) is 30.8 Å². The Labute approximate surface area is 211 Å². The molecule has 0 bridgehead atoms. The number of fused-ring (bicyclic) bond motifs is 1. The van der Waals surface area contributed by atoms with Gasteiger partial charge in [0.05, 0.1) is 19.1 Å². The fourth-order valence-corrected chi connectivity index (χ4v) is 4.42. The maximum absolute atomic E-state index is 13.0. The summed E-state index contributed by atoms with van der Waals surface area (Å²) >= 11 is 0. The molecule has 10 heteroatoms. The van der Waals surface area contributed by atoms with Gasteiger partial charge in [0.1, 0.15) is 11.6 Å². The van der Waals surface area contributed by atoms with Crippen LogP contribution in [0.1, 0.15) is 35.4 Å². The SMILES string of the molecule is CO[C@H](C)c1ccccc1-c1ncc2c(n1)N(Cc1ccc(-c3nc(C(F)(F)F)cn3C)cc1)C(=O)C2. The van der Waals surface area contributed by atoms with Gasteiger partial charge in [-0.3, -0.25) is 9.69 Å². The van der Waals surface area contributed by atoms with Crippen LogP contribution in [0.3, 0.4) is 0 Å². The van der Waals surface area contributed by atoms with E-state index in [9.17, 15) is 18.0 Å². The topological polar surface area (TPSA) is 73.1 Å². The van der Waals surface area contributed by atoms with Crippen LogP contribution in [0.2, 0.25) is 0 Å². The maximum atomic E-state index is 13.0. The molecule has 2 aromatic heterocycles. The molecule has 0 saturated carbocycles. The summed E-state index contributed by atoms with van der Waals surface area (Å²) in [6, 6.07) is 14.7. The maximum Gasteiger partial charge on any atom is 0.434 e. The van der Waals surface area contributed by atoms with Crippen molar-refractivity contribution >= 4 is 11.7 Å². The average molecular weight is 508 g/mol. The van der Waals surface area contributed by atoms with Gasteiger partial charge in [-0.2, -0.15) is 13.2 Å². The van der Waals surface area contributed by atoms with Gasteiger partial charge < -0.3 is 9.30 Å². The van der Waals surface area contributed by atoms with Crippen LogP contribution >= 0.6 is 0 Å². The first-order valence-electron chi connectivity index (χ1n) is 11.6. The lowest BCUT2D eigenvalue weighted by Crippen LogP contribution is -2.26. The number of benzene rings is 2. The fourth-order valence-electron chi connectivity index (χ4n) is 4.42. The number of carbonyl (C=O) groups is 1. The Morgan fingerprint density at radius 3 is 2.49 bits per heavy atom. The molecule has 1 atom stereocenters. The van der Waals surface area contributed by atoms with Gasteiger partial charge >= 0.3 is 6.18 Å². The standard InChI is InChI=1S/C27H24F3N5O2/c1-16(37-3)20-6-4-5-7-21(20)24-31-13-19-12-23(36)35(26(19)33-24)14-17-8-10-18(11-9-17)25-32-22(15-34(25)2)27(28,29)30/h4-11,13,15-16H,12,14H2,1-3H3/t16-/m1/s1. The molecule has 4 aromatic rings. The van der Waals surface area contributed by atoms with Crippen molar-refractivity contribution in [2.24, 2.45) is 7.05 Å². The van der Waals surface area contributed by atoms with E-state index in [0.717, 1.165) is 28.5 Å². The number of hydrogen-bond donors (Lipinski definition) is 0. The third-order valence-corrected chi connectivity index (χ3v) is 6.45. The lowest BCUT2D eigenvalue weighted by molar-refractivity contribution is -0.140. The first-order valence-corrected chi connectivity index (χ1v) is 11.6. The van der Waals surface area contributed by atoms with Crippen molar-refractivity contribution in [3.05, 3.63) is 83.3 Å². The van der Waals surface area contributed by atoms with E-state index in [2.05, 4.69) is 9.97 Å². The number of rotatable bonds is 6. The number of anilines is 1. The normalized spacial score (nSPS) is 14.2. The van der Waals surface area contributed by atoms with Crippen molar-refractivity contribution < 1.29 is 22.7 Å². The molecule has 0 radical (unpaired) electrons. The number of hydrogen-bond acceptors (Lipinski definition) is 5. The zero-order valence-corrected chi connectivity index (χ0v) is 20.5. The highest BCUT2D eigenvalue weighted by atomic mass is 19.4. The lowest BCUT2D eigenvalue weighted by atomic mass is 10.0. The van der Waals surface area contributed by atoms with Gasteiger partial charge in [0.15, 0.2) is 11.5 Å². The Kier molecular flexibility index (Phi) is 6.28. The van der Waals surface area contributed by atoms with Gasteiger partial charge in [-0.05, 0) is 18.1 Å². The number of amides is 1. The van der Waals surface area contributed by atoms with Crippen LogP contribution in [-0.4, -0.2) is 32.5 Å². The van der Waals surface area contributed by atoms with Crippen LogP contribution in [0.15, 0.2) is 60.9 Å². The lowest BCUT2D eigenvalue weighted by Gasteiger charge is -2.18. The van der Waals surface area contributed by atoms with E-state index < -0.39 is 11.9 Å². The number of aryl methyl sites for hydroxylation is 1. The molecule has 3 heterocycles. The summed E-state index contributed by atoms with van der Waals surface area (Å²) in [7, 11) is 3.16. The molecule has 2 aromatic carbocycles. The molecule has 0 spiro atoms. The summed E-state index contributed by atoms with van der Waals surface area (Å²) < 4.78 is 45.9. The molecule has 5 rings (SSSR count). The second kappa shape index (κ2) is 9.44. The summed E-state index contributed by atoms with van der Waals surface area (Å²) in [6.07, 6.45) is -1.81. The predicted octanol–water partition coefficient (Wildman–Crippen LogP) is 5.36. The number of methoxy groups -OCH3 is 1. The van der Waals surface area contributed by atoms with Gasteiger partial charge in [0, 0.05) is 43.2 Å². The van der Waals surface area contributed by atoms with Crippen molar-refractivity contribution in [3.8, 4) is 22.8 Å². The van der Waals surface area contributed by atoms with E-state index in [1.54, 1.807) is 42.5 Å². The van der Waals surface area contributed by atoms with Crippen molar-refractivity contribution in [3.63, 3.8) is 0 Å². The van der Waals surface area contributed by atoms with Crippen LogP contribution in [0.5, 0.6) is 0 Å². The molecule has 0 unspecified atom stereocenters. The minimum Gasteiger partial charge on any atom is -0.377 e. The summed E-state index contributed by atoms with van der Waals surface area (Å²) in [5, 5.41) is 0. The van der Waals surface area contributed by atoms with E-state index >= 15 is 0 Å². The number of carbonyl (C=O) groups excluding carboxylic acids is 1. The Morgan fingerprint density at radius 1 is 1.08 bits per heavy atom. The van der Waals surface area contributed by atoms with E-state index in [1.165, 1.54) is 11.6 Å². The minimum atomic E-state index is -4.51. The summed E-state index contributed by atoms with van der Waals surface area (Å²) in [5.74, 6) is 1.17. The zero-order chi connectivity index (χ0) is 26.3. The van der Waals surface area contributed by atoms with E-state index in [4.69, 9.17) is 9.72 Å². The Morgan fingerprint density at radius 2 is 1.81 bits per heavy atom. The second-order valence-electron chi connectivity index (χ2n) is 8.92. The van der Waals surface area contributed by atoms with Crippen molar-refractivity contribution in [2.75, 3.05) is 12.0 Å². The van der Waals surface area contributed by atoms with Crippen LogP contribution in [0.4, 0.5) is 19.0 Å². The Bertz CT molecular complexity index is 1460. The van der Waals surface area contributed by atoms with Gasteiger partial charge in [-0.25, -0.2) is 15.0 Å².